The van der Waals surface area contributed by atoms with Gasteiger partial charge in [-0.1, -0.05) is 51.3 Å². The molecule has 19 heavy (non-hydrogen) atoms. The van der Waals surface area contributed by atoms with Crippen molar-refractivity contribution in [1.82, 2.24) is 5.32 Å². The Morgan fingerprint density at radius 3 is 2.58 bits per heavy atom. The van der Waals surface area contributed by atoms with Crippen LogP contribution in [-0.4, -0.2) is 6.54 Å². The first-order valence-corrected chi connectivity index (χ1v) is 7.57. The fourth-order valence-electron chi connectivity index (χ4n) is 2.58. The Morgan fingerprint density at radius 2 is 1.95 bits per heavy atom. The first-order chi connectivity index (χ1) is 9.08. The Kier molecular flexibility index (Phi) is 7.07. The molecule has 2 atom stereocenters. The number of aryl methyl sites for hydroxylation is 1. The van der Waals surface area contributed by atoms with Crippen molar-refractivity contribution in [3.8, 4) is 0 Å². The molecule has 0 aromatic heterocycles. The van der Waals surface area contributed by atoms with Gasteiger partial charge in [0.15, 0.2) is 0 Å². The third-order valence-corrected chi connectivity index (χ3v) is 3.59. The van der Waals surface area contributed by atoms with E-state index in [0.29, 0.717) is 5.92 Å². The molecule has 0 bridgehead atoms. The van der Waals surface area contributed by atoms with Crippen LogP contribution in [-0.2, 0) is 0 Å². The monoisotopic (exact) mass is 265 g/mol. The molecule has 0 radical (unpaired) electrons. The molecule has 2 unspecified atom stereocenters. The Hall–Kier alpha value is -0.890. The average molecular weight is 265 g/mol. The second-order valence-electron chi connectivity index (χ2n) is 5.66. The molecule has 0 spiro atoms. The molecule has 0 saturated heterocycles. The molecule has 108 valence electrons. The summed E-state index contributed by atoms with van der Waals surface area (Å²) in [7, 11) is 0. The standard InChI is InChI=1S/C17H28FN/c1-5-7-13(3)12-17(19-10-6-2)15-11-14(4)8-9-16(15)18/h8-9,11,13,17,19H,5-7,10,12H2,1-4H3. The number of halogens is 1. The summed E-state index contributed by atoms with van der Waals surface area (Å²) in [6.07, 6.45) is 4.48. The minimum Gasteiger partial charge on any atom is -0.310 e. The highest BCUT2D eigenvalue weighted by molar-refractivity contribution is 5.27. The van der Waals surface area contributed by atoms with Gasteiger partial charge >= 0.3 is 0 Å². The van der Waals surface area contributed by atoms with Crippen molar-refractivity contribution in [2.45, 2.75) is 59.4 Å². The molecule has 0 saturated carbocycles. The van der Waals surface area contributed by atoms with Crippen molar-refractivity contribution in [2.24, 2.45) is 5.92 Å². The largest absolute Gasteiger partial charge is 0.310 e. The Balaban J connectivity index is 2.85. The van der Waals surface area contributed by atoms with E-state index in [1.165, 1.54) is 12.8 Å². The fourth-order valence-corrected chi connectivity index (χ4v) is 2.58. The number of hydrogen-bond donors (Lipinski definition) is 1. The van der Waals surface area contributed by atoms with Crippen molar-refractivity contribution in [3.05, 3.63) is 35.1 Å². The van der Waals surface area contributed by atoms with Crippen LogP contribution in [0, 0.1) is 18.7 Å². The highest BCUT2D eigenvalue weighted by Crippen LogP contribution is 2.26. The summed E-state index contributed by atoms with van der Waals surface area (Å²) in [6.45, 7) is 9.58. The minimum atomic E-state index is -0.0806. The third kappa shape index (κ3) is 5.32. The van der Waals surface area contributed by atoms with Crippen molar-refractivity contribution < 1.29 is 4.39 Å². The second-order valence-corrected chi connectivity index (χ2v) is 5.66. The van der Waals surface area contributed by atoms with Gasteiger partial charge in [-0.15, -0.1) is 0 Å². The van der Waals surface area contributed by atoms with Crippen LogP contribution in [0.25, 0.3) is 0 Å². The predicted octanol–water partition coefficient (Wildman–Crippen LogP) is 5.00. The van der Waals surface area contributed by atoms with Gasteiger partial charge in [-0.2, -0.15) is 0 Å². The van der Waals surface area contributed by atoms with Gasteiger partial charge in [-0.25, -0.2) is 4.39 Å². The molecule has 1 aromatic rings. The minimum absolute atomic E-state index is 0.0806. The lowest BCUT2D eigenvalue weighted by Gasteiger charge is -2.23. The van der Waals surface area contributed by atoms with Crippen LogP contribution in [0.5, 0.6) is 0 Å². The van der Waals surface area contributed by atoms with Crippen molar-refractivity contribution in [1.29, 1.82) is 0 Å². The third-order valence-electron chi connectivity index (χ3n) is 3.59. The van der Waals surface area contributed by atoms with E-state index >= 15 is 0 Å². The first kappa shape index (κ1) is 16.2. The average Bonchev–Trinajstić information content (AvgIpc) is 2.38. The zero-order valence-electron chi connectivity index (χ0n) is 12.8. The summed E-state index contributed by atoms with van der Waals surface area (Å²) in [5.74, 6) is 0.544. The smallest absolute Gasteiger partial charge is 0.127 e. The Morgan fingerprint density at radius 1 is 1.21 bits per heavy atom. The van der Waals surface area contributed by atoms with E-state index in [1.807, 2.05) is 19.1 Å². The maximum absolute atomic E-state index is 14.0. The van der Waals surface area contributed by atoms with Gasteiger partial charge in [0.05, 0.1) is 0 Å². The molecule has 1 nitrogen and oxygen atoms in total. The lowest BCUT2D eigenvalue weighted by Crippen LogP contribution is -2.25. The molecule has 1 rings (SSSR count). The van der Waals surface area contributed by atoms with Crippen LogP contribution in [0.1, 0.15) is 63.6 Å². The molecule has 0 aliphatic heterocycles. The van der Waals surface area contributed by atoms with E-state index in [0.717, 1.165) is 30.5 Å². The summed E-state index contributed by atoms with van der Waals surface area (Å²) in [6, 6.07) is 5.56. The Bertz CT molecular complexity index is 376. The number of benzene rings is 1. The zero-order valence-corrected chi connectivity index (χ0v) is 12.8. The molecule has 0 fully saturated rings. The molecular weight excluding hydrogens is 237 g/mol. The molecule has 0 aliphatic rings. The van der Waals surface area contributed by atoms with E-state index in [4.69, 9.17) is 0 Å². The molecule has 1 aromatic carbocycles. The highest BCUT2D eigenvalue weighted by Gasteiger charge is 2.17. The van der Waals surface area contributed by atoms with Gasteiger partial charge in [0.1, 0.15) is 5.82 Å². The summed E-state index contributed by atoms with van der Waals surface area (Å²) in [4.78, 5) is 0. The van der Waals surface area contributed by atoms with E-state index in [9.17, 15) is 4.39 Å². The van der Waals surface area contributed by atoms with Gasteiger partial charge in [0.25, 0.3) is 0 Å². The van der Waals surface area contributed by atoms with E-state index in [2.05, 4.69) is 26.1 Å². The lowest BCUT2D eigenvalue weighted by molar-refractivity contribution is 0.381. The van der Waals surface area contributed by atoms with Crippen molar-refractivity contribution >= 4 is 0 Å². The summed E-state index contributed by atoms with van der Waals surface area (Å²) in [5.41, 5.74) is 1.96. The highest BCUT2D eigenvalue weighted by atomic mass is 19.1. The van der Waals surface area contributed by atoms with Crippen LogP contribution in [0.4, 0.5) is 4.39 Å². The van der Waals surface area contributed by atoms with Crippen LogP contribution >= 0.6 is 0 Å². The van der Waals surface area contributed by atoms with E-state index in [1.54, 1.807) is 6.07 Å². The Labute approximate surface area is 117 Å². The zero-order chi connectivity index (χ0) is 14.3. The van der Waals surface area contributed by atoms with E-state index < -0.39 is 0 Å². The quantitative estimate of drug-likeness (QED) is 0.697. The molecule has 0 heterocycles. The molecule has 1 N–H and O–H groups in total. The fraction of sp³-hybridized carbons (Fsp3) is 0.647. The number of hydrogen-bond acceptors (Lipinski definition) is 1. The molecular formula is C17H28FN. The first-order valence-electron chi connectivity index (χ1n) is 7.57. The van der Waals surface area contributed by atoms with Gasteiger partial charge in [-0.3, -0.25) is 0 Å². The predicted molar refractivity (Wildman–Crippen MR) is 80.9 cm³/mol. The summed E-state index contributed by atoms with van der Waals surface area (Å²) < 4.78 is 14.0. The van der Waals surface area contributed by atoms with Crippen LogP contribution in [0.15, 0.2) is 18.2 Å². The summed E-state index contributed by atoms with van der Waals surface area (Å²) >= 11 is 0. The normalized spacial score (nSPS) is 14.4. The SMILES string of the molecule is CCCNC(CC(C)CCC)c1cc(C)ccc1F. The van der Waals surface area contributed by atoms with Gasteiger partial charge < -0.3 is 5.32 Å². The van der Waals surface area contributed by atoms with Crippen molar-refractivity contribution in [2.75, 3.05) is 6.54 Å². The molecule has 2 heteroatoms. The maximum Gasteiger partial charge on any atom is 0.127 e. The second kappa shape index (κ2) is 8.31. The van der Waals surface area contributed by atoms with Gasteiger partial charge in [-0.05, 0) is 38.3 Å². The topological polar surface area (TPSA) is 12.0 Å². The van der Waals surface area contributed by atoms with Crippen LogP contribution < -0.4 is 5.32 Å². The van der Waals surface area contributed by atoms with Crippen LogP contribution in [0.2, 0.25) is 0 Å². The molecule has 0 aliphatic carbocycles. The van der Waals surface area contributed by atoms with Gasteiger partial charge in [0.2, 0.25) is 0 Å². The lowest BCUT2D eigenvalue weighted by atomic mass is 9.92. The van der Waals surface area contributed by atoms with E-state index in [-0.39, 0.29) is 11.9 Å². The van der Waals surface area contributed by atoms with Crippen molar-refractivity contribution in [3.63, 3.8) is 0 Å². The van der Waals surface area contributed by atoms with Gasteiger partial charge in [0, 0.05) is 11.6 Å². The number of nitrogens with one attached hydrogen (secondary N) is 1. The summed E-state index contributed by atoms with van der Waals surface area (Å²) in [5, 5.41) is 3.50. The number of rotatable bonds is 8. The molecule has 0 amide bonds. The maximum atomic E-state index is 14.0. The van der Waals surface area contributed by atoms with Crippen LogP contribution in [0.3, 0.4) is 0 Å².